The average Bonchev–Trinajstić information content (AvgIpc) is 3.44. The number of piperidine rings is 1. The molecule has 0 aromatic carbocycles. The van der Waals surface area contributed by atoms with E-state index in [9.17, 15) is 4.79 Å². The summed E-state index contributed by atoms with van der Waals surface area (Å²) >= 11 is 0. The van der Waals surface area contributed by atoms with Gasteiger partial charge in [0.05, 0.1) is 55.3 Å². The van der Waals surface area contributed by atoms with Gasteiger partial charge >= 0.3 is 6.09 Å². The summed E-state index contributed by atoms with van der Waals surface area (Å²) in [5, 5.41) is 9.00. The molecule has 45 heavy (non-hydrogen) atoms. The lowest BCUT2D eigenvalue weighted by Crippen LogP contribution is -2.54. The summed E-state index contributed by atoms with van der Waals surface area (Å²) in [6.45, 7) is 9.24. The van der Waals surface area contributed by atoms with Gasteiger partial charge in [-0.05, 0) is 89.8 Å². The highest BCUT2D eigenvalue weighted by Crippen LogP contribution is 2.36. The first-order chi connectivity index (χ1) is 21.8. The Balaban J connectivity index is 1.05. The van der Waals surface area contributed by atoms with Crippen molar-refractivity contribution in [1.82, 2.24) is 29.9 Å². The van der Waals surface area contributed by atoms with Crippen molar-refractivity contribution in [3.63, 3.8) is 0 Å². The van der Waals surface area contributed by atoms with E-state index in [-0.39, 0.29) is 18.2 Å². The molecule has 2 saturated carbocycles. The fraction of sp³-hybridized carbons (Fsp3) is 0.618. The first-order valence-electron chi connectivity index (χ1n) is 16.6. The molecule has 2 saturated heterocycles. The molecule has 5 heterocycles. The molecule has 3 aromatic heterocycles. The second-order valence-corrected chi connectivity index (χ2v) is 14.2. The number of pyridine rings is 2. The van der Waals surface area contributed by atoms with Crippen LogP contribution in [0.15, 0.2) is 43.0 Å². The van der Waals surface area contributed by atoms with Crippen LogP contribution >= 0.6 is 0 Å². The number of aromatic nitrogens is 5. The van der Waals surface area contributed by atoms with Crippen LogP contribution in [-0.4, -0.2) is 86.5 Å². The molecule has 1 atom stereocenters. The molecule has 4 fully saturated rings. The van der Waals surface area contributed by atoms with Crippen molar-refractivity contribution in [2.75, 3.05) is 37.7 Å². The number of hydrogen-bond donors (Lipinski definition) is 0. The Morgan fingerprint density at radius 3 is 2.53 bits per heavy atom. The molecule has 0 radical (unpaired) electrons. The third kappa shape index (κ3) is 6.36. The largest absolute Gasteiger partial charge is 0.489 e. The Kier molecular flexibility index (Phi) is 8.14. The predicted octanol–water partition coefficient (Wildman–Crippen LogP) is 5.45. The topological polar surface area (TPSA) is 108 Å². The van der Waals surface area contributed by atoms with Crippen molar-refractivity contribution in [3.8, 4) is 17.0 Å². The maximum absolute atomic E-state index is 13.3. The summed E-state index contributed by atoms with van der Waals surface area (Å²) in [7, 11) is 0. The highest BCUT2D eigenvalue weighted by atomic mass is 16.6. The molecule has 1 amide bonds. The van der Waals surface area contributed by atoms with Crippen molar-refractivity contribution in [3.05, 3.63) is 48.7 Å². The zero-order chi connectivity index (χ0) is 31.0. The monoisotopic (exact) mass is 615 g/mol. The lowest BCUT2D eigenvalue weighted by molar-refractivity contribution is -0.0851. The quantitative estimate of drug-likeness (QED) is 0.311. The average molecular weight is 616 g/mol. The molecule has 2 aliphatic carbocycles. The number of carbonyl (C=O) groups is 1. The number of anilines is 1. The highest BCUT2D eigenvalue weighted by Gasteiger charge is 2.45. The Morgan fingerprint density at radius 1 is 1.07 bits per heavy atom. The smallest absolute Gasteiger partial charge is 0.410 e. The van der Waals surface area contributed by atoms with Crippen LogP contribution in [0.1, 0.15) is 77.8 Å². The first kappa shape index (κ1) is 30.0. The van der Waals surface area contributed by atoms with E-state index < -0.39 is 11.1 Å². The molecule has 240 valence electrons. The van der Waals surface area contributed by atoms with E-state index in [2.05, 4.69) is 32.3 Å². The van der Waals surface area contributed by atoms with Gasteiger partial charge < -0.3 is 24.0 Å². The zero-order valence-electron chi connectivity index (χ0n) is 26.7. The van der Waals surface area contributed by atoms with Crippen LogP contribution in [0, 0.1) is 5.92 Å². The number of ether oxygens (including phenoxy) is 3. The minimum absolute atomic E-state index is 0.112. The summed E-state index contributed by atoms with van der Waals surface area (Å²) in [6, 6.07) is 6.31. The summed E-state index contributed by atoms with van der Waals surface area (Å²) in [5.41, 5.74) is 2.52. The molecule has 2 aliphatic heterocycles. The molecule has 0 spiro atoms. The Bertz CT molecular complexity index is 1470. The van der Waals surface area contributed by atoms with Crippen molar-refractivity contribution in [2.24, 2.45) is 5.92 Å². The normalized spacial score (nSPS) is 21.8. The van der Waals surface area contributed by atoms with E-state index in [1.165, 1.54) is 25.7 Å². The number of amides is 1. The SMILES string of the molecule is CC(C)(C)OC(=O)N(CC1CCC1)[C@@H]1CCCN(c2ccc(C3(n4cc(-c5cncc(OC6CCC6)c5)nn4)COC3)nc2)C1. The molecule has 4 aliphatic rings. The standard InChI is InChI=1S/C34H45N7O4/c1-33(2,3)45-32(42)40(19-24-7-4-8-24)27-9-6-14-39(20-27)26-12-13-31(36-17-26)34(22-43-23-34)41-21-30(37-38-41)25-15-29(18-35-16-25)44-28-10-5-11-28/h12-13,15-18,21,24,27-28H,4-11,14,19-20,22-23H2,1-3H3/t27-/m1/s1. The summed E-state index contributed by atoms with van der Waals surface area (Å²) in [6.07, 6.45) is 16.6. The Hall–Kier alpha value is -3.73. The lowest BCUT2D eigenvalue weighted by atomic mass is 9.84. The third-order valence-corrected chi connectivity index (χ3v) is 9.71. The Morgan fingerprint density at radius 2 is 1.89 bits per heavy atom. The second-order valence-electron chi connectivity index (χ2n) is 14.2. The minimum Gasteiger partial charge on any atom is -0.489 e. The van der Waals surface area contributed by atoms with Gasteiger partial charge in [-0.2, -0.15) is 0 Å². The lowest BCUT2D eigenvalue weighted by Gasteiger charge is -2.43. The van der Waals surface area contributed by atoms with Gasteiger partial charge in [0.2, 0.25) is 0 Å². The fourth-order valence-electron chi connectivity index (χ4n) is 6.54. The zero-order valence-corrected chi connectivity index (χ0v) is 26.7. The van der Waals surface area contributed by atoms with E-state index in [1.54, 1.807) is 12.4 Å². The molecule has 3 aromatic rings. The molecule has 7 rings (SSSR count). The van der Waals surface area contributed by atoms with Crippen LogP contribution in [0.5, 0.6) is 5.75 Å². The maximum atomic E-state index is 13.3. The van der Waals surface area contributed by atoms with Crippen molar-refractivity contribution in [1.29, 1.82) is 0 Å². The van der Waals surface area contributed by atoms with Crippen molar-refractivity contribution in [2.45, 2.75) is 95.4 Å². The highest BCUT2D eigenvalue weighted by molar-refractivity contribution is 5.69. The molecule has 11 nitrogen and oxygen atoms in total. The van der Waals surface area contributed by atoms with Gasteiger partial charge in [-0.25, -0.2) is 9.48 Å². The fourth-order valence-corrected chi connectivity index (χ4v) is 6.54. The van der Waals surface area contributed by atoms with Gasteiger partial charge in [0, 0.05) is 31.4 Å². The first-order valence-corrected chi connectivity index (χ1v) is 16.6. The summed E-state index contributed by atoms with van der Waals surface area (Å²) < 4.78 is 19.5. The van der Waals surface area contributed by atoms with E-state index in [0.717, 1.165) is 73.7 Å². The second kappa shape index (κ2) is 12.2. The Labute approximate surface area is 265 Å². The number of hydrogen-bond acceptors (Lipinski definition) is 9. The number of nitrogens with zero attached hydrogens (tertiary/aromatic N) is 7. The number of carbonyl (C=O) groups excluding carboxylic acids is 1. The molecule has 0 unspecified atom stereocenters. The van der Waals surface area contributed by atoms with Crippen LogP contribution in [0.3, 0.4) is 0 Å². The van der Waals surface area contributed by atoms with Crippen molar-refractivity contribution >= 4 is 11.8 Å². The van der Waals surface area contributed by atoms with Crippen LogP contribution in [0.2, 0.25) is 0 Å². The van der Waals surface area contributed by atoms with E-state index in [1.807, 2.05) is 48.8 Å². The van der Waals surface area contributed by atoms with E-state index >= 15 is 0 Å². The molecule has 0 bridgehead atoms. The maximum Gasteiger partial charge on any atom is 0.410 e. The molecular weight excluding hydrogens is 570 g/mol. The predicted molar refractivity (Wildman–Crippen MR) is 169 cm³/mol. The molecular formula is C34H45N7O4. The van der Waals surface area contributed by atoms with Gasteiger partial charge in [0.15, 0.2) is 5.54 Å². The number of rotatable bonds is 9. The van der Waals surface area contributed by atoms with Crippen LogP contribution in [-0.2, 0) is 15.0 Å². The van der Waals surface area contributed by atoms with Crippen LogP contribution in [0.4, 0.5) is 10.5 Å². The minimum atomic E-state index is -0.516. The molecule has 11 heteroatoms. The summed E-state index contributed by atoms with van der Waals surface area (Å²) in [5.74, 6) is 1.34. The summed E-state index contributed by atoms with van der Waals surface area (Å²) in [4.78, 5) is 27.0. The van der Waals surface area contributed by atoms with Gasteiger partial charge in [-0.15, -0.1) is 5.10 Å². The van der Waals surface area contributed by atoms with Crippen LogP contribution < -0.4 is 9.64 Å². The van der Waals surface area contributed by atoms with E-state index in [0.29, 0.717) is 19.1 Å². The van der Waals surface area contributed by atoms with Gasteiger partial charge in [-0.1, -0.05) is 11.6 Å². The van der Waals surface area contributed by atoms with Crippen molar-refractivity contribution < 1.29 is 19.0 Å². The van der Waals surface area contributed by atoms with Gasteiger partial charge in [-0.3, -0.25) is 9.97 Å². The van der Waals surface area contributed by atoms with Crippen LogP contribution in [0.25, 0.3) is 11.3 Å². The van der Waals surface area contributed by atoms with Gasteiger partial charge in [0.1, 0.15) is 17.0 Å². The molecule has 0 N–H and O–H groups in total. The van der Waals surface area contributed by atoms with Gasteiger partial charge in [0.25, 0.3) is 0 Å². The van der Waals surface area contributed by atoms with E-state index in [4.69, 9.17) is 19.2 Å². The third-order valence-electron chi connectivity index (χ3n) is 9.71.